The third-order valence-electron chi connectivity index (χ3n) is 3.04. The van der Waals surface area contributed by atoms with Crippen LogP contribution in [0.25, 0.3) is 0 Å². The highest BCUT2D eigenvalue weighted by molar-refractivity contribution is 7.11. The van der Waals surface area contributed by atoms with E-state index in [2.05, 4.69) is 38.0 Å². The number of thiazole rings is 1. The predicted octanol–water partition coefficient (Wildman–Crippen LogP) is 3.09. The highest BCUT2D eigenvalue weighted by Crippen LogP contribution is 2.33. The normalized spacial score (nSPS) is 17.1. The summed E-state index contributed by atoms with van der Waals surface area (Å²) in [5, 5.41) is 4.46. The zero-order valence-corrected chi connectivity index (χ0v) is 11.6. The number of hydrogen-bond acceptors (Lipinski definition) is 4. The molecule has 0 radical (unpaired) electrons. The molecule has 1 aromatic rings. The molecule has 0 aliphatic rings. The summed E-state index contributed by atoms with van der Waals surface area (Å²) < 4.78 is 5.55. The van der Waals surface area contributed by atoms with Gasteiger partial charge in [-0.25, -0.2) is 4.98 Å². The topological polar surface area (TPSA) is 34.2 Å². The van der Waals surface area contributed by atoms with Crippen LogP contribution in [-0.4, -0.2) is 18.6 Å². The molecular formula is C12H22N2OS. The molecule has 4 heteroatoms. The standard InChI is InChI=1S/C12H22N2OS/c1-6-12(4,15-5)11-14-8-10(16-11)9(3)13-7-2/h8-9,13H,6-7H2,1-5H3. The van der Waals surface area contributed by atoms with Crippen LogP contribution < -0.4 is 5.32 Å². The van der Waals surface area contributed by atoms with Crippen LogP contribution in [0.5, 0.6) is 0 Å². The first-order valence-electron chi connectivity index (χ1n) is 5.82. The van der Waals surface area contributed by atoms with Gasteiger partial charge in [-0.1, -0.05) is 13.8 Å². The molecule has 0 saturated carbocycles. The maximum absolute atomic E-state index is 5.55. The van der Waals surface area contributed by atoms with E-state index in [0.717, 1.165) is 18.0 Å². The Labute approximate surface area is 102 Å². The van der Waals surface area contributed by atoms with Crippen LogP contribution in [0.4, 0.5) is 0 Å². The number of ether oxygens (including phenoxy) is 1. The molecule has 2 unspecified atom stereocenters. The molecule has 1 rings (SSSR count). The smallest absolute Gasteiger partial charge is 0.125 e. The lowest BCUT2D eigenvalue weighted by Gasteiger charge is -2.23. The van der Waals surface area contributed by atoms with E-state index in [0.29, 0.717) is 6.04 Å². The van der Waals surface area contributed by atoms with Crippen LogP contribution in [0, 0.1) is 0 Å². The third-order valence-corrected chi connectivity index (χ3v) is 4.46. The minimum atomic E-state index is -0.241. The second kappa shape index (κ2) is 5.75. The molecule has 0 fully saturated rings. The van der Waals surface area contributed by atoms with Gasteiger partial charge in [0.25, 0.3) is 0 Å². The van der Waals surface area contributed by atoms with E-state index in [1.807, 2.05) is 6.20 Å². The summed E-state index contributed by atoms with van der Waals surface area (Å²) in [6, 6.07) is 0.370. The molecular weight excluding hydrogens is 220 g/mol. The molecule has 3 nitrogen and oxygen atoms in total. The quantitative estimate of drug-likeness (QED) is 0.832. The Morgan fingerprint density at radius 3 is 2.75 bits per heavy atom. The van der Waals surface area contributed by atoms with E-state index in [1.165, 1.54) is 4.88 Å². The molecule has 0 spiro atoms. The number of aromatic nitrogens is 1. The average Bonchev–Trinajstić information content (AvgIpc) is 2.78. The van der Waals surface area contributed by atoms with Gasteiger partial charge in [-0.15, -0.1) is 11.3 Å². The van der Waals surface area contributed by atoms with Crippen molar-refractivity contribution in [1.29, 1.82) is 0 Å². The summed E-state index contributed by atoms with van der Waals surface area (Å²) in [7, 11) is 1.75. The lowest BCUT2D eigenvalue weighted by molar-refractivity contribution is -0.00156. The Bertz CT molecular complexity index is 321. The highest BCUT2D eigenvalue weighted by Gasteiger charge is 2.28. The summed E-state index contributed by atoms with van der Waals surface area (Å²) in [6.45, 7) is 9.47. The second-order valence-corrected chi connectivity index (χ2v) is 5.20. The van der Waals surface area contributed by atoms with Crippen molar-refractivity contribution in [3.63, 3.8) is 0 Å². The van der Waals surface area contributed by atoms with E-state index in [9.17, 15) is 0 Å². The van der Waals surface area contributed by atoms with Gasteiger partial charge in [0.15, 0.2) is 0 Å². The summed E-state index contributed by atoms with van der Waals surface area (Å²) in [5.41, 5.74) is -0.241. The molecule has 1 heterocycles. The van der Waals surface area contributed by atoms with Gasteiger partial charge in [-0.05, 0) is 26.8 Å². The fraction of sp³-hybridized carbons (Fsp3) is 0.750. The third kappa shape index (κ3) is 2.81. The first-order valence-corrected chi connectivity index (χ1v) is 6.63. The van der Waals surface area contributed by atoms with E-state index in [4.69, 9.17) is 4.74 Å². The van der Waals surface area contributed by atoms with Crippen molar-refractivity contribution in [3.05, 3.63) is 16.1 Å². The van der Waals surface area contributed by atoms with Gasteiger partial charge < -0.3 is 10.1 Å². The van der Waals surface area contributed by atoms with Crippen molar-refractivity contribution in [1.82, 2.24) is 10.3 Å². The zero-order chi connectivity index (χ0) is 12.2. The Morgan fingerprint density at radius 2 is 2.25 bits per heavy atom. The Balaban J connectivity index is 2.85. The molecule has 0 bridgehead atoms. The van der Waals surface area contributed by atoms with Crippen molar-refractivity contribution >= 4 is 11.3 Å². The summed E-state index contributed by atoms with van der Waals surface area (Å²) >= 11 is 1.74. The molecule has 0 saturated heterocycles. The highest BCUT2D eigenvalue weighted by atomic mass is 32.1. The first-order chi connectivity index (χ1) is 7.57. The molecule has 0 aliphatic carbocycles. The second-order valence-electron chi connectivity index (χ2n) is 4.14. The number of nitrogens with one attached hydrogen (secondary N) is 1. The van der Waals surface area contributed by atoms with E-state index < -0.39 is 0 Å². The zero-order valence-electron chi connectivity index (χ0n) is 10.8. The maximum atomic E-state index is 5.55. The molecule has 2 atom stereocenters. The number of hydrogen-bond donors (Lipinski definition) is 1. The summed E-state index contributed by atoms with van der Waals surface area (Å²) in [6.07, 6.45) is 2.90. The van der Waals surface area contributed by atoms with Gasteiger partial charge in [-0.2, -0.15) is 0 Å². The molecule has 16 heavy (non-hydrogen) atoms. The predicted molar refractivity (Wildman–Crippen MR) is 68.9 cm³/mol. The van der Waals surface area contributed by atoms with Crippen molar-refractivity contribution in [2.75, 3.05) is 13.7 Å². The van der Waals surface area contributed by atoms with Crippen molar-refractivity contribution in [2.45, 2.75) is 45.8 Å². The average molecular weight is 242 g/mol. The van der Waals surface area contributed by atoms with Gasteiger partial charge in [0.05, 0.1) is 0 Å². The minimum absolute atomic E-state index is 0.241. The van der Waals surface area contributed by atoms with Crippen LogP contribution >= 0.6 is 11.3 Å². The fourth-order valence-corrected chi connectivity index (χ4v) is 2.66. The summed E-state index contributed by atoms with van der Waals surface area (Å²) in [4.78, 5) is 5.76. The van der Waals surface area contributed by atoms with Crippen molar-refractivity contribution in [2.24, 2.45) is 0 Å². The summed E-state index contributed by atoms with van der Waals surface area (Å²) in [5.74, 6) is 0. The van der Waals surface area contributed by atoms with Gasteiger partial charge in [0.1, 0.15) is 10.6 Å². The Hall–Kier alpha value is -0.450. The minimum Gasteiger partial charge on any atom is -0.371 e. The molecule has 1 N–H and O–H groups in total. The number of nitrogens with zero attached hydrogens (tertiary/aromatic N) is 1. The van der Waals surface area contributed by atoms with Gasteiger partial charge in [0.2, 0.25) is 0 Å². The SMILES string of the molecule is CCNC(C)c1cnc(C(C)(CC)OC)s1. The van der Waals surface area contributed by atoms with Gasteiger partial charge in [-0.3, -0.25) is 0 Å². The van der Waals surface area contributed by atoms with Gasteiger partial charge >= 0.3 is 0 Å². The lowest BCUT2D eigenvalue weighted by atomic mass is 10.1. The van der Waals surface area contributed by atoms with Crippen molar-refractivity contribution in [3.8, 4) is 0 Å². The van der Waals surface area contributed by atoms with Crippen LogP contribution in [0.2, 0.25) is 0 Å². The first kappa shape index (κ1) is 13.6. The monoisotopic (exact) mass is 242 g/mol. The Morgan fingerprint density at radius 1 is 1.56 bits per heavy atom. The number of methoxy groups -OCH3 is 1. The van der Waals surface area contributed by atoms with E-state index >= 15 is 0 Å². The van der Waals surface area contributed by atoms with Crippen LogP contribution in [0.1, 0.15) is 50.0 Å². The van der Waals surface area contributed by atoms with Crippen LogP contribution in [-0.2, 0) is 10.3 Å². The fourth-order valence-electron chi connectivity index (χ4n) is 1.52. The molecule has 92 valence electrons. The van der Waals surface area contributed by atoms with Crippen LogP contribution in [0.3, 0.4) is 0 Å². The molecule has 0 aromatic carbocycles. The lowest BCUT2D eigenvalue weighted by Crippen LogP contribution is -2.22. The van der Waals surface area contributed by atoms with Crippen LogP contribution in [0.15, 0.2) is 6.20 Å². The molecule has 0 amide bonds. The maximum Gasteiger partial charge on any atom is 0.125 e. The molecule has 1 aromatic heterocycles. The molecule has 0 aliphatic heterocycles. The largest absolute Gasteiger partial charge is 0.371 e. The number of rotatable bonds is 6. The Kier molecular flexibility index (Phi) is 4.89. The van der Waals surface area contributed by atoms with Crippen molar-refractivity contribution < 1.29 is 4.74 Å². The van der Waals surface area contributed by atoms with E-state index in [-0.39, 0.29) is 5.60 Å². The van der Waals surface area contributed by atoms with Gasteiger partial charge in [0, 0.05) is 24.2 Å². The van der Waals surface area contributed by atoms with E-state index in [1.54, 1.807) is 18.4 Å².